The lowest BCUT2D eigenvalue weighted by atomic mass is 9.47. The van der Waals surface area contributed by atoms with E-state index in [4.69, 9.17) is 12.2 Å². The number of nitrogens with zero attached hydrogens (tertiary/aromatic N) is 1. The highest BCUT2D eigenvalue weighted by atomic mass is 32.1. The van der Waals surface area contributed by atoms with Gasteiger partial charge in [-0.15, -0.1) is 0 Å². The number of hydrogen-bond donors (Lipinski definition) is 2. The Morgan fingerprint density at radius 1 is 0.842 bits per heavy atom. The van der Waals surface area contributed by atoms with Crippen LogP contribution in [0.5, 0.6) is 0 Å². The van der Waals surface area contributed by atoms with Gasteiger partial charge >= 0.3 is 0 Å². The van der Waals surface area contributed by atoms with Crippen molar-refractivity contribution in [2.45, 2.75) is 148 Å². The zero-order chi connectivity index (χ0) is 26.5. The first kappa shape index (κ1) is 27.0. The van der Waals surface area contributed by atoms with Crippen molar-refractivity contribution in [2.24, 2.45) is 34.5 Å². The molecule has 0 aromatic carbocycles. The second-order valence-electron chi connectivity index (χ2n) is 14.5. The van der Waals surface area contributed by atoms with Crippen LogP contribution in [-0.4, -0.2) is 40.0 Å². The fraction of sp³-hybridized carbons (Fsp3) is 0.906. The van der Waals surface area contributed by atoms with Gasteiger partial charge in [0.05, 0.1) is 0 Å². The monoisotopic (exact) mass is 541 g/mol. The molecule has 38 heavy (non-hydrogen) atoms. The fourth-order valence-corrected chi connectivity index (χ4v) is 11.0. The molecule has 1 saturated heterocycles. The summed E-state index contributed by atoms with van der Waals surface area (Å²) in [6, 6.07) is 1.06. The third kappa shape index (κ3) is 4.63. The molecule has 212 valence electrons. The standard InChI is InChI=1S/C32H51N3O2S/c1-31-19-17-25-23(13-16-27-32(25,2)20-18-28(36)34-27)24(31)14-15-26(31)29(37)35(22-11-7-4-8-12-22)30(38)33-21-9-5-3-6-10-21/h21-27H,3-20H2,1-2H3,(H,33,38)(H,34,36)/t23?,24?,25?,26?,27-,31+,32-/m1/s1. The molecule has 0 bridgehead atoms. The second-order valence-corrected chi connectivity index (χ2v) is 14.9. The minimum absolute atomic E-state index is 0.0761. The Bertz CT molecular complexity index is 928. The lowest BCUT2D eigenvalue weighted by Gasteiger charge is -2.60. The Balaban J connectivity index is 1.21. The van der Waals surface area contributed by atoms with Crippen molar-refractivity contribution in [3.05, 3.63) is 0 Å². The van der Waals surface area contributed by atoms with E-state index in [0.29, 0.717) is 42.2 Å². The summed E-state index contributed by atoms with van der Waals surface area (Å²) in [6.45, 7) is 4.94. The van der Waals surface area contributed by atoms with E-state index in [-0.39, 0.29) is 28.7 Å². The lowest BCUT2D eigenvalue weighted by molar-refractivity contribution is -0.146. The molecule has 5 saturated carbocycles. The minimum atomic E-state index is 0.0761. The SMILES string of the molecule is C[C@]12CCC3C(CC[C@H]4NC(=O)CC[C@]34C)C1CCC2C(=O)N(C(=S)NC1CCCCC1)C1CCCCC1. The van der Waals surface area contributed by atoms with E-state index in [1.165, 1.54) is 70.6 Å². The van der Waals surface area contributed by atoms with E-state index in [1.54, 1.807) is 0 Å². The predicted molar refractivity (Wildman–Crippen MR) is 155 cm³/mol. The highest BCUT2D eigenvalue weighted by Crippen LogP contribution is 2.65. The van der Waals surface area contributed by atoms with Crippen LogP contribution in [0.25, 0.3) is 0 Å². The van der Waals surface area contributed by atoms with Crippen LogP contribution in [0.15, 0.2) is 0 Å². The first-order valence-corrected chi connectivity index (χ1v) is 16.6. The minimum Gasteiger partial charge on any atom is -0.359 e. The van der Waals surface area contributed by atoms with Crippen molar-refractivity contribution in [3.8, 4) is 0 Å². The molecule has 0 aromatic heterocycles. The highest BCUT2D eigenvalue weighted by Gasteiger charge is 2.62. The molecule has 2 amide bonds. The Morgan fingerprint density at radius 2 is 1.53 bits per heavy atom. The molecule has 1 aliphatic heterocycles. The first-order chi connectivity index (χ1) is 18.3. The molecular weight excluding hydrogens is 490 g/mol. The number of fused-ring (bicyclic) bond motifs is 5. The lowest BCUT2D eigenvalue weighted by Crippen LogP contribution is -2.61. The summed E-state index contributed by atoms with van der Waals surface area (Å²) < 4.78 is 0. The maximum absolute atomic E-state index is 14.6. The van der Waals surface area contributed by atoms with Crippen LogP contribution in [-0.2, 0) is 9.59 Å². The number of piperidine rings is 1. The molecule has 6 rings (SSSR count). The van der Waals surface area contributed by atoms with Gasteiger partial charge in [-0.05, 0) is 111 Å². The van der Waals surface area contributed by atoms with Crippen LogP contribution in [0.2, 0.25) is 0 Å². The van der Waals surface area contributed by atoms with Gasteiger partial charge < -0.3 is 10.6 Å². The molecule has 6 heteroatoms. The average molecular weight is 542 g/mol. The van der Waals surface area contributed by atoms with Crippen molar-refractivity contribution in [3.63, 3.8) is 0 Å². The summed E-state index contributed by atoms with van der Waals surface area (Å²) >= 11 is 6.07. The number of thiocarbonyl (C=S) groups is 1. The second kappa shape index (κ2) is 10.7. The molecular formula is C32H51N3O2S. The maximum Gasteiger partial charge on any atom is 0.232 e. The zero-order valence-electron chi connectivity index (χ0n) is 23.9. The van der Waals surface area contributed by atoms with Crippen LogP contribution in [0.4, 0.5) is 0 Å². The molecule has 0 spiro atoms. The highest BCUT2D eigenvalue weighted by molar-refractivity contribution is 7.80. The normalized spacial score (nSPS) is 41.8. The third-order valence-corrected chi connectivity index (χ3v) is 13.0. The van der Waals surface area contributed by atoms with Gasteiger partial charge in [0, 0.05) is 30.5 Å². The largest absolute Gasteiger partial charge is 0.359 e. The summed E-state index contributed by atoms with van der Waals surface area (Å²) in [5.74, 6) is 2.68. The molecule has 4 unspecified atom stereocenters. The van der Waals surface area contributed by atoms with Crippen LogP contribution in [0.3, 0.4) is 0 Å². The van der Waals surface area contributed by atoms with E-state index in [2.05, 4.69) is 29.4 Å². The topological polar surface area (TPSA) is 61.4 Å². The van der Waals surface area contributed by atoms with Gasteiger partial charge in [0.25, 0.3) is 0 Å². The van der Waals surface area contributed by atoms with Crippen molar-refractivity contribution in [1.29, 1.82) is 0 Å². The smallest absolute Gasteiger partial charge is 0.232 e. The van der Waals surface area contributed by atoms with Crippen LogP contribution in [0, 0.1) is 34.5 Å². The molecule has 6 aliphatic rings. The van der Waals surface area contributed by atoms with Gasteiger partial charge in [0.1, 0.15) is 0 Å². The summed E-state index contributed by atoms with van der Waals surface area (Å²) in [5, 5.41) is 7.79. The van der Waals surface area contributed by atoms with E-state index in [0.717, 1.165) is 43.6 Å². The van der Waals surface area contributed by atoms with Crippen LogP contribution in [0.1, 0.15) is 129 Å². The number of rotatable bonds is 3. The zero-order valence-corrected chi connectivity index (χ0v) is 24.8. The van der Waals surface area contributed by atoms with E-state index in [9.17, 15) is 9.59 Å². The molecule has 7 atom stereocenters. The first-order valence-electron chi connectivity index (χ1n) is 16.2. The molecule has 6 fully saturated rings. The Labute approximate surface area is 236 Å². The van der Waals surface area contributed by atoms with Crippen molar-refractivity contribution in [2.75, 3.05) is 0 Å². The fourth-order valence-electron chi connectivity index (χ4n) is 10.6. The molecule has 0 radical (unpaired) electrons. The maximum atomic E-state index is 14.6. The average Bonchev–Trinajstić information content (AvgIpc) is 3.27. The number of carbonyl (C=O) groups is 2. The summed E-state index contributed by atoms with van der Waals surface area (Å²) in [7, 11) is 0. The molecule has 5 nitrogen and oxygen atoms in total. The van der Waals surface area contributed by atoms with Gasteiger partial charge in [-0.1, -0.05) is 52.4 Å². The Morgan fingerprint density at radius 3 is 2.26 bits per heavy atom. The van der Waals surface area contributed by atoms with Crippen LogP contribution < -0.4 is 10.6 Å². The van der Waals surface area contributed by atoms with Gasteiger partial charge in [-0.25, -0.2) is 0 Å². The number of amides is 2. The van der Waals surface area contributed by atoms with E-state index >= 15 is 0 Å². The van der Waals surface area contributed by atoms with Gasteiger partial charge in [-0.3, -0.25) is 14.5 Å². The molecule has 1 heterocycles. The van der Waals surface area contributed by atoms with Gasteiger partial charge in [0.15, 0.2) is 5.11 Å². The quantitative estimate of drug-likeness (QED) is 0.401. The number of carbonyl (C=O) groups excluding carboxylic acids is 2. The Hall–Kier alpha value is -1.17. The summed E-state index contributed by atoms with van der Waals surface area (Å²) in [4.78, 5) is 28.9. The molecule has 0 aromatic rings. The number of hydrogen-bond acceptors (Lipinski definition) is 3. The van der Waals surface area contributed by atoms with E-state index < -0.39 is 0 Å². The van der Waals surface area contributed by atoms with Crippen molar-refractivity contribution in [1.82, 2.24) is 15.5 Å². The molecule has 2 N–H and O–H groups in total. The number of nitrogens with one attached hydrogen (secondary N) is 2. The summed E-state index contributed by atoms with van der Waals surface area (Å²) in [6.07, 6.45) is 20.7. The van der Waals surface area contributed by atoms with Gasteiger partial charge in [-0.2, -0.15) is 0 Å². The van der Waals surface area contributed by atoms with Gasteiger partial charge in [0.2, 0.25) is 11.8 Å². The van der Waals surface area contributed by atoms with Crippen molar-refractivity contribution < 1.29 is 9.59 Å². The van der Waals surface area contributed by atoms with E-state index in [1.807, 2.05) is 0 Å². The Kier molecular flexibility index (Phi) is 7.59. The predicted octanol–water partition coefficient (Wildman–Crippen LogP) is 6.49. The third-order valence-electron chi connectivity index (χ3n) is 12.7. The molecule has 5 aliphatic carbocycles. The summed E-state index contributed by atoms with van der Waals surface area (Å²) in [5.41, 5.74) is 0.298. The van der Waals surface area contributed by atoms with Crippen molar-refractivity contribution >= 4 is 29.1 Å². The van der Waals surface area contributed by atoms with Crippen LogP contribution >= 0.6 is 12.2 Å².